The van der Waals surface area contributed by atoms with Crippen LogP contribution in [0.1, 0.15) is 15.9 Å². The van der Waals surface area contributed by atoms with Gasteiger partial charge in [-0.05, 0) is 30.7 Å². The minimum absolute atomic E-state index is 0.183. The highest BCUT2D eigenvalue weighted by Crippen LogP contribution is 2.31. The van der Waals surface area contributed by atoms with Crippen molar-refractivity contribution >= 4 is 23.0 Å². The molecule has 0 saturated carbocycles. The minimum Gasteiger partial charge on any atom is -0.495 e. The molecule has 0 saturated heterocycles. The van der Waals surface area contributed by atoms with Gasteiger partial charge in [-0.15, -0.1) is 0 Å². The zero-order valence-electron chi connectivity index (χ0n) is 12.0. The molecular weight excluding hydrogens is 288 g/mol. The van der Waals surface area contributed by atoms with Gasteiger partial charge in [0.25, 0.3) is 5.69 Å². The molecule has 0 bridgehead atoms. The molecule has 2 N–H and O–H groups in total. The largest absolute Gasteiger partial charge is 0.495 e. The van der Waals surface area contributed by atoms with Crippen molar-refractivity contribution < 1.29 is 19.6 Å². The average Bonchev–Trinajstić information content (AvgIpc) is 2.47. The number of rotatable bonds is 5. The Balaban J connectivity index is 2.47. The van der Waals surface area contributed by atoms with Crippen molar-refractivity contribution in [1.82, 2.24) is 0 Å². The van der Waals surface area contributed by atoms with Gasteiger partial charge in [0.15, 0.2) is 0 Å². The van der Waals surface area contributed by atoms with Crippen LogP contribution in [0.3, 0.4) is 0 Å². The molecule has 7 heteroatoms. The van der Waals surface area contributed by atoms with Crippen molar-refractivity contribution in [3.8, 4) is 5.75 Å². The molecule has 0 heterocycles. The summed E-state index contributed by atoms with van der Waals surface area (Å²) in [4.78, 5) is 21.4. The molecule has 0 spiro atoms. The third kappa shape index (κ3) is 3.14. The third-order valence-corrected chi connectivity index (χ3v) is 3.07. The van der Waals surface area contributed by atoms with Crippen molar-refractivity contribution in [3.05, 3.63) is 57.6 Å². The second kappa shape index (κ2) is 6.13. The first kappa shape index (κ1) is 15.3. The highest BCUT2D eigenvalue weighted by atomic mass is 16.6. The van der Waals surface area contributed by atoms with Crippen LogP contribution in [0.4, 0.5) is 17.1 Å². The highest BCUT2D eigenvalue weighted by Gasteiger charge is 2.17. The van der Waals surface area contributed by atoms with Crippen molar-refractivity contribution in [2.75, 3.05) is 12.4 Å². The predicted octanol–water partition coefficient (Wildman–Crippen LogP) is 3.35. The van der Waals surface area contributed by atoms with E-state index in [1.807, 2.05) is 13.0 Å². The highest BCUT2D eigenvalue weighted by molar-refractivity contribution is 5.96. The van der Waals surface area contributed by atoms with E-state index in [9.17, 15) is 20.0 Å². The molecule has 0 radical (unpaired) electrons. The van der Waals surface area contributed by atoms with Gasteiger partial charge in [-0.2, -0.15) is 0 Å². The normalized spacial score (nSPS) is 10.1. The number of carboxylic acid groups (broad SMARTS) is 1. The van der Waals surface area contributed by atoms with Crippen molar-refractivity contribution in [1.29, 1.82) is 0 Å². The first-order chi connectivity index (χ1) is 10.4. The summed E-state index contributed by atoms with van der Waals surface area (Å²) in [7, 11) is 1.50. The zero-order valence-corrected chi connectivity index (χ0v) is 12.0. The molecule has 22 heavy (non-hydrogen) atoms. The molecule has 2 aromatic carbocycles. The molecule has 0 amide bonds. The van der Waals surface area contributed by atoms with E-state index >= 15 is 0 Å². The third-order valence-electron chi connectivity index (χ3n) is 3.07. The molecule has 114 valence electrons. The fourth-order valence-electron chi connectivity index (χ4n) is 2.00. The summed E-state index contributed by atoms with van der Waals surface area (Å²) in [5.74, 6) is -0.710. The van der Waals surface area contributed by atoms with Crippen LogP contribution in [0.25, 0.3) is 0 Å². The molecule has 0 unspecified atom stereocenters. The number of hydrogen-bond acceptors (Lipinski definition) is 5. The molecule has 0 aliphatic heterocycles. The molecule has 0 atom stereocenters. The van der Waals surface area contributed by atoms with E-state index in [2.05, 4.69) is 5.32 Å². The fraction of sp³-hybridized carbons (Fsp3) is 0.133. The maximum Gasteiger partial charge on any atom is 0.338 e. The van der Waals surface area contributed by atoms with E-state index in [1.54, 1.807) is 12.1 Å². The number of aryl methyl sites for hydroxylation is 1. The van der Waals surface area contributed by atoms with Gasteiger partial charge >= 0.3 is 5.97 Å². The average molecular weight is 302 g/mol. The second-order valence-corrected chi connectivity index (χ2v) is 4.62. The Bertz CT molecular complexity index is 743. The number of methoxy groups -OCH3 is 1. The van der Waals surface area contributed by atoms with Crippen LogP contribution in [-0.4, -0.2) is 23.1 Å². The van der Waals surface area contributed by atoms with Crippen LogP contribution < -0.4 is 10.1 Å². The van der Waals surface area contributed by atoms with Gasteiger partial charge in [0, 0.05) is 12.1 Å². The standard InChI is InChI=1S/C15H14N2O5/c1-9-3-6-14(22-2)13(7-9)16-12-5-4-10(17(20)21)8-11(12)15(18)19/h3-8,16H,1-2H3,(H,18,19). The Morgan fingerprint density at radius 1 is 1.23 bits per heavy atom. The lowest BCUT2D eigenvalue weighted by Crippen LogP contribution is -2.05. The quantitative estimate of drug-likeness (QED) is 0.648. The van der Waals surface area contributed by atoms with Crippen LogP contribution in [0.5, 0.6) is 5.75 Å². The van der Waals surface area contributed by atoms with E-state index < -0.39 is 10.9 Å². The lowest BCUT2D eigenvalue weighted by atomic mass is 10.1. The summed E-state index contributed by atoms with van der Waals surface area (Å²) in [5, 5.41) is 23.0. The van der Waals surface area contributed by atoms with Crippen molar-refractivity contribution in [2.24, 2.45) is 0 Å². The van der Waals surface area contributed by atoms with Gasteiger partial charge < -0.3 is 15.2 Å². The summed E-state index contributed by atoms with van der Waals surface area (Å²) >= 11 is 0. The molecule has 2 aromatic rings. The first-order valence-electron chi connectivity index (χ1n) is 6.35. The Kier molecular flexibility index (Phi) is 4.26. The van der Waals surface area contributed by atoms with E-state index in [-0.39, 0.29) is 16.9 Å². The van der Waals surface area contributed by atoms with Gasteiger partial charge in [0.1, 0.15) is 5.75 Å². The number of nitro benzene ring substituents is 1. The van der Waals surface area contributed by atoms with Crippen LogP contribution in [0.15, 0.2) is 36.4 Å². The number of ether oxygens (including phenoxy) is 1. The van der Waals surface area contributed by atoms with Crippen molar-refractivity contribution in [2.45, 2.75) is 6.92 Å². The van der Waals surface area contributed by atoms with Crippen molar-refractivity contribution in [3.63, 3.8) is 0 Å². The number of anilines is 2. The van der Waals surface area contributed by atoms with Crippen LogP contribution in [-0.2, 0) is 0 Å². The summed E-state index contributed by atoms with van der Waals surface area (Å²) in [6.07, 6.45) is 0. The van der Waals surface area contributed by atoms with Gasteiger partial charge in [-0.25, -0.2) is 4.79 Å². The number of non-ortho nitro benzene ring substituents is 1. The topological polar surface area (TPSA) is 102 Å². The number of nitrogens with zero attached hydrogens (tertiary/aromatic N) is 1. The van der Waals surface area contributed by atoms with Gasteiger partial charge in [-0.1, -0.05) is 6.07 Å². The summed E-state index contributed by atoms with van der Waals surface area (Å²) in [6.45, 7) is 1.89. The van der Waals surface area contributed by atoms with E-state index in [0.29, 0.717) is 11.4 Å². The molecule has 0 fully saturated rings. The molecule has 0 aliphatic rings. The zero-order chi connectivity index (χ0) is 16.3. The minimum atomic E-state index is -1.25. The lowest BCUT2D eigenvalue weighted by Gasteiger charge is -2.13. The second-order valence-electron chi connectivity index (χ2n) is 4.62. The smallest absolute Gasteiger partial charge is 0.338 e. The van der Waals surface area contributed by atoms with Crippen LogP contribution >= 0.6 is 0 Å². The van der Waals surface area contributed by atoms with Gasteiger partial charge in [0.2, 0.25) is 0 Å². The Hall–Kier alpha value is -3.09. The predicted molar refractivity (Wildman–Crippen MR) is 81.1 cm³/mol. The number of hydrogen-bond donors (Lipinski definition) is 2. The molecule has 0 aromatic heterocycles. The number of aromatic carboxylic acids is 1. The monoisotopic (exact) mass is 302 g/mol. The number of benzene rings is 2. The SMILES string of the molecule is COc1ccc(C)cc1Nc1ccc([N+](=O)[O-])cc1C(=O)O. The summed E-state index contributed by atoms with van der Waals surface area (Å²) < 4.78 is 5.22. The van der Waals surface area contributed by atoms with Gasteiger partial charge in [0.05, 0.1) is 29.0 Å². The van der Waals surface area contributed by atoms with Gasteiger partial charge in [-0.3, -0.25) is 10.1 Å². The summed E-state index contributed by atoms with van der Waals surface area (Å²) in [6, 6.07) is 9.04. The number of carbonyl (C=O) groups is 1. The molecular formula is C15H14N2O5. The maximum atomic E-state index is 11.3. The van der Waals surface area contributed by atoms with E-state index in [4.69, 9.17) is 4.74 Å². The first-order valence-corrected chi connectivity index (χ1v) is 6.35. The Labute approximate surface area is 126 Å². The number of nitro groups is 1. The fourth-order valence-corrected chi connectivity index (χ4v) is 2.00. The number of nitrogens with one attached hydrogen (secondary N) is 1. The Morgan fingerprint density at radius 2 is 1.95 bits per heavy atom. The van der Waals surface area contributed by atoms with E-state index in [0.717, 1.165) is 11.6 Å². The molecule has 0 aliphatic carbocycles. The summed E-state index contributed by atoms with van der Waals surface area (Å²) in [5.41, 5.74) is 1.33. The maximum absolute atomic E-state index is 11.3. The number of carboxylic acids is 1. The molecule has 7 nitrogen and oxygen atoms in total. The molecule has 2 rings (SSSR count). The lowest BCUT2D eigenvalue weighted by molar-refractivity contribution is -0.384. The van der Waals surface area contributed by atoms with E-state index in [1.165, 1.54) is 19.2 Å². The van der Waals surface area contributed by atoms with Crippen LogP contribution in [0, 0.1) is 17.0 Å². The van der Waals surface area contributed by atoms with Crippen LogP contribution in [0.2, 0.25) is 0 Å². The Morgan fingerprint density at radius 3 is 2.55 bits per heavy atom.